The number of para-hydroxylation sites is 2. The van der Waals surface area contributed by atoms with Gasteiger partial charge in [-0.3, -0.25) is 0 Å². The van der Waals surface area contributed by atoms with Crippen LogP contribution in [0.2, 0.25) is 0 Å². The second kappa shape index (κ2) is 10.1. The van der Waals surface area contributed by atoms with Crippen LogP contribution in [0.15, 0.2) is 48.5 Å². The minimum absolute atomic E-state index is 0.334. The smallest absolute Gasteiger partial charge is 0.397 e. The van der Waals surface area contributed by atoms with Crippen molar-refractivity contribution in [3.8, 4) is 11.5 Å². The van der Waals surface area contributed by atoms with Crippen molar-refractivity contribution in [2.75, 3.05) is 26.4 Å². The molecule has 0 atom stereocenters. The van der Waals surface area contributed by atoms with Crippen molar-refractivity contribution in [3.63, 3.8) is 0 Å². The highest BCUT2D eigenvalue weighted by Gasteiger charge is 2.45. The lowest BCUT2D eigenvalue weighted by Gasteiger charge is -2.41. The zero-order chi connectivity index (χ0) is 21.8. The van der Waals surface area contributed by atoms with Crippen LogP contribution in [-0.4, -0.2) is 26.4 Å². The third-order valence-corrected chi connectivity index (χ3v) is 7.38. The molecule has 0 aliphatic carbocycles. The summed E-state index contributed by atoms with van der Waals surface area (Å²) in [5, 5.41) is 0. The number of hydrogen-bond donors (Lipinski definition) is 0. The fourth-order valence-electron chi connectivity index (χ4n) is 3.43. The molecule has 2 aromatic rings. The fourth-order valence-corrected chi connectivity index (χ4v) is 5.96. The highest BCUT2D eigenvalue weighted by Crippen LogP contribution is 2.53. The lowest BCUT2D eigenvalue weighted by molar-refractivity contribution is -0.0673. The Balaban J connectivity index is 1.29. The van der Waals surface area contributed by atoms with Gasteiger partial charge in [-0.1, -0.05) is 64.1 Å². The standard InChI is InChI=1S/C23H30O6P2/c1-17(2)19-9-5-7-11-21(19)28-30-24-13-23(14-25-30)15-26-31(27-16-23)29-22-12-8-6-10-20(22)18(3)4/h5-12,17-18H,13-16H2,1-4H3. The molecule has 31 heavy (non-hydrogen) atoms. The van der Waals surface area contributed by atoms with Gasteiger partial charge in [-0.05, 0) is 35.1 Å². The van der Waals surface area contributed by atoms with Crippen LogP contribution in [0.25, 0.3) is 0 Å². The molecule has 0 N–H and O–H groups in total. The molecule has 2 heterocycles. The van der Waals surface area contributed by atoms with Crippen LogP contribution in [-0.2, 0) is 18.1 Å². The molecule has 0 bridgehead atoms. The van der Waals surface area contributed by atoms with Gasteiger partial charge in [0.2, 0.25) is 0 Å². The molecule has 2 aliphatic rings. The van der Waals surface area contributed by atoms with E-state index in [1.165, 1.54) is 0 Å². The molecule has 4 rings (SSSR count). The normalized spacial score (nSPS) is 26.4. The predicted octanol–water partition coefficient (Wildman–Crippen LogP) is 6.93. The van der Waals surface area contributed by atoms with Gasteiger partial charge >= 0.3 is 17.2 Å². The molecular formula is C23H30O6P2. The number of rotatable bonds is 6. The molecule has 0 amide bonds. The van der Waals surface area contributed by atoms with Crippen LogP contribution in [0.3, 0.4) is 0 Å². The van der Waals surface area contributed by atoms with E-state index in [9.17, 15) is 0 Å². The Morgan fingerprint density at radius 3 is 1.35 bits per heavy atom. The summed E-state index contributed by atoms with van der Waals surface area (Å²) >= 11 is 0. The third-order valence-electron chi connectivity index (χ3n) is 5.33. The van der Waals surface area contributed by atoms with Gasteiger partial charge in [0.1, 0.15) is 11.5 Å². The van der Waals surface area contributed by atoms with Gasteiger partial charge in [-0.2, -0.15) is 0 Å². The first-order chi connectivity index (χ1) is 15.0. The van der Waals surface area contributed by atoms with E-state index in [0.29, 0.717) is 38.3 Å². The Hall–Kier alpha value is -1.26. The molecule has 8 heteroatoms. The maximum absolute atomic E-state index is 6.04. The maximum Gasteiger partial charge on any atom is 0.397 e. The molecule has 6 nitrogen and oxygen atoms in total. The highest BCUT2D eigenvalue weighted by atomic mass is 31.2. The van der Waals surface area contributed by atoms with Crippen LogP contribution < -0.4 is 9.05 Å². The van der Waals surface area contributed by atoms with Crippen molar-refractivity contribution in [3.05, 3.63) is 59.7 Å². The Labute approximate surface area is 187 Å². The first-order valence-electron chi connectivity index (χ1n) is 10.6. The second-order valence-electron chi connectivity index (χ2n) is 8.61. The van der Waals surface area contributed by atoms with Crippen LogP contribution >= 0.6 is 17.2 Å². The molecule has 168 valence electrons. The summed E-state index contributed by atoms with van der Waals surface area (Å²) in [6.07, 6.45) is 0. The molecule has 0 radical (unpaired) electrons. The molecule has 2 aromatic carbocycles. The molecule has 0 saturated carbocycles. The zero-order valence-electron chi connectivity index (χ0n) is 18.4. The predicted molar refractivity (Wildman–Crippen MR) is 122 cm³/mol. The van der Waals surface area contributed by atoms with E-state index in [-0.39, 0.29) is 5.41 Å². The molecule has 1 spiro atoms. The maximum atomic E-state index is 6.04. The summed E-state index contributed by atoms with van der Waals surface area (Å²) in [6.45, 7) is 10.4. The summed E-state index contributed by atoms with van der Waals surface area (Å²) in [7, 11) is -2.88. The summed E-state index contributed by atoms with van der Waals surface area (Å²) in [5.41, 5.74) is 1.96. The van der Waals surface area contributed by atoms with Crippen molar-refractivity contribution >= 4 is 17.2 Å². The SMILES string of the molecule is CC(C)c1ccccc1OP1OCC2(CO1)COP(Oc1ccccc1C(C)C)OC2. The average Bonchev–Trinajstić information content (AvgIpc) is 2.78. The minimum atomic E-state index is -1.44. The van der Waals surface area contributed by atoms with Gasteiger partial charge in [0, 0.05) is 0 Å². The zero-order valence-corrected chi connectivity index (χ0v) is 20.2. The number of hydrogen-bond acceptors (Lipinski definition) is 6. The first kappa shape index (κ1) is 22.9. The van der Waals surface area contributed by atoms with Crippen LogP contribution in [0.4, 0.5) is 0 Å². The molecular weight excluding hydrogens is 434 g/mol. The van der Waals surface area contributed by atoms with Gasteiger partial charge in [0.05, 0.1) is 31.8 Å². The van der Waals surface area contributed by atoms with E-state index in [2.05, 4.69) is 39.8 Å². The fraction of sp³-hybridized carbons (Fsp3) is 0.478. The summed E-state index contributed by atoms with van der Waals surface area (Å²) in [5.74, 6) is 2.36. The van der Waals surface area contributed by atoms with Crippen molar-refractivity contribution in [1.29, 1.82) is 0 Å². The lowest BCUT2D eigenvalue weighted by atomic mass is 9.93. The molecule has 2 fully saturated rings. The minimum Gasteiger partial charge on any atom is -0.426 e. The molecule has 0 unspecified atom stereocenters. The van der Waals surface area contributed by atoms with E-state index in [4.69, 9.17) is 27.1 Å². The monoisotopic (exact) mass is 464 g/mol. The topological polar surface area (TPSA) is 55.4 Å². The van der Waals surface area contributed by atoms with Crippen LogP contribution in [0, 0.1) is 5.41 Å². The second-order valence-corrected chi connectivity index (χ2v) is 10.9. The van der Waals surface area contributed by atoms with Gasteiger partial charge in [0.25, 0.3) is 0 Å². The third kappa shape index (κ3) is 5.57. The van der Waals surface area contributed by atoms with Crippen LogP contribution in [0.1, 0.15) is 50.7 Å². The van der Waals surface area contributed by atoms with Gasteiger partial charge in [-0.15, -0.1) is 0 Å². The van der Waals surface area contributed by atoms with E-state index in [1.54, 1.807) is 0 Å². The Morgan fingerprint density at radius 2 is 1.00 bits per heavy atom. The van der Waals surface area contributed by atoms with E-state index < -0.39 is 17.2 Å². The highest BCUT2D eigenvalue weighted by molar-refractivity contribution is 7.42. The van der Waals surface area contributed by atoms with E-state index >= 15 is 0 Å². The Morgan fingerprint density at radius 1 is 0.645 bits per heavy atom. The Kier molecular flexibility index (Phi) is 7.48. The molecule has 2 aliphatic heterocycles. The van der Waals surface area contributed by atoms with Crippen molar-refractivity contribution in [2.45, 2.75) is 39.5 Å². The Bertz CT molecular complexity index is 784. The quantitative estimate of drug-likeness (QED) is 0.433. The molecule has 2 saturated heterocycles. The summed E-state index contributed by atoms with van der Waals surface area (Å²) in [6, 6.07) is 16.0. The van der Waals surface area contributed by atoms with E-state index in [1.807, 2.05) is 36.4 Å². The average molecular weight is 464 g/mol. The van der Waals surface area contributed by atoms with Gasteiger partial charge in [-0.25, -0.2) is 0 Å². The van der Waals surface area contributed by atoms with Crippen LogP contribution in [0.5, 0.6) is 11.5 Å². The van der Waals surface area contributed by atoms with Crippen molar-refractivity contribution < 1.29 is 27.1 Å². The lowest BCUT2D eigenvalue weighted by Crippen LogP contribution is -2.45. The van der Waals surface area contributed by atoms with Gasteiger partial charge < -0.3 is 27.1 Å². The van der Waals surface area contributed by atoms with Gasteiger partial charge in [0.15, 0.2) is 0 Å². The molecule has 0 aromatic heterocycles. The number of benzene rings is 2. The summed E-state index contributed by atoms with van der Waals surface area (Å²) in [4.78, 5) is 0. The first-order valence-corrected chi connectivity index (χ1v) is 12.8. The summed E-state index contributed by atoms with van der Waals surface area (Å²) < 4.78 is 35.8. The van der Waals surface area contributed by atoms with Crippen molar-refractivity contribution in [1.82, 2.24) is 0 Å². The van der Waals surface area contributed by atoms with E-state index in [0.717, 1.165) is 22.6 Å². The van der Waals surface area contributed by atoms with Crippen molar-refractivity contribution in [2.24, 2.45) is 5.41 Å². The largest absolute Gasteiger partial charge is 0.426 e.